The van der Waals surface area contributed by atoms with Crippen LogP contribution in [0, 0.1) is 6.92 Å². The number of nitrogens with two attached hydrogens (primary N) is 1. The van der Waals surface area contributed by atoms with E-state index in [9.17, 15) is 0 Å². The van der Waals surface area contributed by atoms with Crippen molar-refractivity contribution in [2.45, 2.75) is 26.0 Å². The van der Waals surface area contributed by atoms with Crippen LogP contribution in [0.4, 0.5) is 0 Å². The average Bonchev–Trinajstić information content (AvgIpc) is 2.40. The second-order valence-electron chi connectivity index (χ2n) is 4.86. The van der Waals surface area contributed by atoms with E-state index in [2.05, 4.69) is 31.9 Å². The van der Waals surface area contributed by atoms with Gasteiger partial charge in [-0.05, 0) is 49.2 Å². The second-order valence-corrected chi connectivity index (χ2v) is 6.69. The molecule has 0 fully saturated rings. The van der Waals surface area contributed by atoms with Gasteiger partial charge in [0.1, 0.15) is 11.9 Å². The Morgan fingerprint density at radius 3 is 2.20 bits per heavy atom. The van der Waals surface area contributed by atoms with Crippen LogP contribution >= 0.6 is 31.9 Å². The highest BCUT2D eigenvalue weighted by Gasteiger charge is 2.19. The molecule has 0 amide bonds. The van der Waals surface area contributed by atoms with Gasteiger partial charge in [0.25, 0.3) is 0 Å². The summed E-state index contributed by atoms with van der Waals surface area (Å²) < 4.78 is 8.19. The Kier molecular flexibility index (Phi) is 5.24. The first kappa shape index (κ1) is 15.5. The number of hydrogen-bond acceptors (Lipinski definition) is 2. The summed E-state index contributed by atoms with van der Waals surface area (Å²) in [4.78, 5) is 0. The third-order valence-electron chi connectivity index (χ3n) is 3.08. The number of rotatable bonds is 4. The SMILES string of the molecule is Cc1ccc(Br)cc1OC(c1ccc(Br)cc1)C(C)N. The maximum absolute atomic E-state index is 6.14. The summed E-state index contributed by atoms with van der Waals surface area (Å²) in [6, 6.07) is 14.0. The number of halogens is 2. The van der Waals surface area contributed by atoms with Crippen molar-refractivity contribution in [2.24, 2.45) is 5.73 Å². The van der Waals surface area contributed by atoms with Crippen LogP contribution in [-0.2, 0) is 0 Å². The van der Waals surface area contributed by atoms with Crippen molar-refractivity contribution in [3.8, 4) is 5.75 Å². The minimum atomic E-state index is -0.170. The highest BCUT2D eigenvalue weighted by atomic mass is 79.9. The lowest BCUT2D eigenvalue weighted by Gasteiger charge is -2.24. The summed E-state index contributed by atoms with van der Waals surface area (Å²) in [6.45, 7) is 3.99. The molecule has 2 unspecified atom stereocenters. The van der Waals surface area contributed by atoms with Crippen molar-refractivity contribution in [3.63, 3.8) is 0 Å². The van der Waals surface area contributed by atoms with Crippen LogP contribution in [0.2, 0.25) is 0 Å². The molecule has 4 heteroatoms. The van der Waals surface area contributed by atoms with Gasteiger partial charge in [0, 0.05) is 15.0 Å². The van der Waals surface area contributed by atoms with Gasteiger partial charge in [0.05, 0.1) is 0 Å². The maximum atomic E-state index is 6.14. The van der Waals surface area contributed by atoms with Crippen LogP contribution in [0.3, 0.4) is 0 Å². The third-order valence-corrected chi connectivity index (χ3v) is 4.10. The summed E-state index contributed by atoms with van der Waals surface area (Å²) in [5.74, 6) is 0.851. The Balaban J connectivity index is 2.30. The first-order valence-corrected chi connectivity index (χ1v) is 8.00. The number of ether oxygens (including phenoxy) is 1. The van der Waals surface area contributed by atoms with E-state index >= 15 is 0 Å². The molecule has 2 nitrogen and oxygen atoms in total. The van der Waals surface area contributed by atoms with Gasteiger partial charge in [-0.25, -0.2) is 0 Å². The molecule has 0 spiro atoms. The molecule has 20 heavy (non-hydrogen) atoms. The molecule has 0 saturated heterocycles. The lowest BCUT2D eigenvalue weighted by atomic mass is 10.0. The van der Waals surface area contributed by atoms with E-state index in [1.807, 2.05) is 56.3 Å². The molecule has 2 atom stereocenters. The third kappa shape index (κ3) is 3.84. The molecule has 0 aliphatic carbocycles. The van der Waals surface area contributed by atoms with Gasteiger partial charge in [-0.15, -0.1) is 0 Å². The fraction of sp³-hybridized carbons (Fsp3) is 0.250. The predicted octanol–water partition coefficient (Wildman–Crippen LogP) is 4.99. The van der Waals surface area contributed by atoms with E-state index in [1.165, 1.54) is 0 Å². The van der Waals surface area contributed by atoms with Crippen molar-refractivity contribution < 1.29 is 4.74 Å². The van der Waals surface area contributed by atoms with Gasteiger partial charge >= 0.3 is 0 Å². The Morgan fingerprint density at radius 1 is 1.00 bits per heavy atom. The number of aryl methyl sites for hydroxylation is 1. The maximum Gasteiger partial charge on any atom is 0.138 e. The summed E-state index contributed by atoms with van der Waals surface area (Å²) in [5, 5.41) is 0. The Bertz CT molecular complexity index is 582. The number of hydrogen-bond donors (Lipinski definition) is 1. The van der Waals surface area contributed by atoms with Crippen LogP contribution in [0.25, 0.3) is 0 Å². The van der Waals surface area contributed by atoms with E-state index in [-0.39, 0.29) is 12.1 Å². The first-order valence-electron chi connectivity index (χ1n) is 6.41. The lowest BCUT2D eigenvalue weighted by molar-refractivity contribution is 0.179. The molecular weight excluding hydrogens is 382 g/mol. The van der Waals surface area contributed by atoms with Crippen LogP contribution in [0.15, 0.2) is 51.4 Å². The molecule has 106 valence electrons. The van der Waals surface area contributed by atoms with Gasteiger partial charge in [-0.2, -0.15) is 0 Å². The standard InChI is InChI=1S/C16H17Br2NO/c1-10-3-6-14(18)9-15(10)20-16(11(2)19)12-4-7-13(17)8-5-12/h3-9,11,16H,19H2,1-2H3. The zero-order valence-electron chi connectivity index (χ0n) is 11.4. The van der Waals surface area contributed by atoms with Crippen molar-refractivity contribution in [1.29, 1.82) is 0 Å². The summed E-state index contributed by atoms with van der Waals surface area (Å²) in [7, 11) is 0. The van der Waals surface area contributed by atoms with Crippen LogP contribution < -0.4 is 10.5 Å². The first-order chi connectivity index (χ1) is 9.47. The van der Waals surface area contributed by atoms with Crippen molar-refractivity contribution >= 4 is 31.9 Å². The van der Waals surface area contributed by atoms with Crippen molar-refractivity contribution in [3.05, 3.63) is 62.5 Å². The van der Waals surface area contributed by atoms with E-state index in [0.717, 1.165) is 25.8 Å². The second kappa shape index (κ2) is 6.74. The Labute approximate surface area is 136 Å². The molecule has 0 radical (unpaired) electrons. The number of benzene rings is 2. The topological polar surface area (TPSA) is 35.2 Å². The van der Waals surface area contributed by atoms with Gasteiger partial charge < -0.3 is 10.5 Å². The van der Waals surface area contributed by atoms with E-state index in [4.69, 9.17) is 10.5 Å². The lowest BCUT2D eigenvalue weighted by Crippen LogP contribution is -2.29. The zero-order valence-corrected chi connectivity index (χ0v) is 14.6. The minimum Gasteiger partial charge on any atom is -0.484 e. The van der Waals surface area contributed by atoms with Crippen LogP contribution in [0.1, 0.15) is 24.2 Å². The van der Waals surface area contributed by atoms with Crippen molar-refractivity contribution in [2.75, 3.05) is 0 Å². The Morgan fingerprint density at radius 2 is 1.60 bits per heavy atom. The molecule has 2 N–H and O–H groups in total. The molecule has 2 aromatic carbocycles. The highest BCUT2D eigenvalue weighted by Crippen LogP contribution is 2.29. The molecule has 0 saturated carbocycles. The molecule has 0 aromatic heterocycles. The van der Waals surface area contributed by atoms with E-state index < -0.39 is 0 Å². The normalized spacial score (nSPS) is 13.8. The van der Waals surface area contributed by atoms with Gasteiger partial charge in [0.2, 0.25) is 0 Å². The zero-order chi connectivity index (χ0) is 14.7. The Hall–Kier alpha value is -0.840. The van der Waals surface area contributed by atoms with Gasteiger partial charge in [-0.1, -0.05) is 50.1 Å². The van der Waals surface area contributed by atoms with Gasteiger partial charge in [-0.3, -0.25) is 0 Å². The van der Waals surface area contributed by atoms with Crippen LogP contribution in [-0.4, -0.2) is 6.04 Å². The molecule has 0 aliphatic heterocycles. The fourth-order valence-corrected chi connectivity index (χ4v) is 2.57. The highest BCUT2D eigenvalue weighted by molar-refractivity contribution is 9.10. The molecule has 0 heterocycles. The molecule has 2 aromatic rings. The molecule has 0 aliphatic rings. The van der Waals surface area contributed by atoms with Crippen LogP contribution in [0.5, 0.6) is 5.75 Å². The monoisotopic (exact) mass is 397 g/mol. The summed E-state index contributed by atoms with van der Waals surface area (Å²) in [6.07, 6.45) is -0.170. The van der Waals surface area contributed by atoms with E-state index in [1.54, 1.807) is 0 Å². The summed E-state index contributed by atoms with van der Waals surface area (Å²) >= 11 is 6.91. The minimum absolute atomic E-state index is 0.102. The molecular formula is C16H17Br2NO. The van der Waals surface area contributed by atoms with E-state index in [0.29, 0.717) is 0 Å². The summed E-state index contributed by atoms with van der Waals surface area (Å²) in [5.41, 5.74) is 8.26. The smallest absolute Gasteiger partial charge is 0.138 e. The molecule has 0 bridgehead atoms. The fourth-order valence-electron chi connectivity index (χ4n) is 1.97. The average molecular weight is 399 g/mol. The predicted molar refractivity (Wildman–Crippen MR) is 90.0 cm³/mol. The van der Waals surface area contributed by atoms with Gasteiger partial charge in [0.15, 0.2) is 0 Å². The largest absolute Gasteiger partial charge is 0.484 e. The quantitative estimate of drug-likeness (QED) is 0.787. The van der Waals surface area contributed by atoms with Crippen molar-refractivity contribution in [1.82, 2.24) is 0 Å². The molecule has 2 rings (SSSR count).